The average Bonchev–Trinajstić information content (AvgIpc) is 2.75. The van der Waals surface area contributed by atoms with Crippen molar-refractivity contribution >= 4 is 5.96 Å². The van der Waals surface area contributed by atoms with Gasteiger partial charge in [0.25, 0.3) is 0 Å². The summed E-state index contributed by atoms with van der Waals surface area (Å²) in [5, 5.41) is 7.15. The molecular formula is C23H40N6. The maximum absolute atomic E-state index is 4.93. The largest absolute Gasteiger partial charge is 0.357 e. The summed E-state index contributed by atoms with van der Waals surface area (Å²) in [6, 6.07) is 12.3. The van der Waals surface area contributed by atoms with Gasteiger partial charge in [0.15, 0.2) is 5.96 Å². The Morgan fingerprint density at radius 2 is 1.83 bits per heavy atom. The normalized spacial score (nSPS) is 24.4. The third-order valence-electron chi connectivity index (χ3n) is 6.48. The van der Waals surface area contributed by atoms with Crippen molar-refractivity contribution in [2.24, 2.45) is 4.99 Å². The van der Waals surface area contributed by atoms with E-state index in [2.05, 4.69) is 83.6 Å². The highest BCUT2D eigenvalue weighted by molar-refractivity contribution is 5.80. The number of piperidine rings is 1. The number of likely N-dealkylation sites (tertiary alicyclic amines) is 1. The first-order valence-electron chi connectivity index (χ1n) is 11.3. The summed E-state index contributed by atoms with van der Waals surface area (Å²) in [6.45, 7) is 11.8. The molecule has 0 radical (unpaired) electrons. The van der Waals surface area contributed by atoms with E-state index >= 15 is 0 Å². The molecule has 1 aromatic rings. The van der Waals surface area contributed by atoms with Crippen LogP contribution in [-0.4, -0.2) is 92.7 Å². The van der Waals surface area contributed by atoms with E-state index in [1.807, 2.05) is 0 Å². The van der Waals surface area contributed by atoms with Crippen LogP contribution >= 0.6 is 0 Å². The minimum atomic E-state index is 0.484. The van der Waals surface area contributed by atoms with Gasteiger partial charge < -0.3 is 15.5 Å². The zero-order valence-corrected chi connectivity index (χ0v) is 18.8. The lowest BCUT2D eigenvalue weighted by Gasteiger charge is -2.38. The van der Waals surface area contributed by atoms with Crippen LogP contribution in [0.2, 0.25) is 0 Å². The molecule has 2 fully saturated rings. The van der Waals surface area contributed by atoms with Gasteiger partial charge in [-0.15, -0.1) is 0 Å². The van der Waals surface area contributed by atoms with Gasteiger partial charge in [0.1, 0.15) is 0 Å². The number of aliphatic imine (C=N–C) groups is 1. The molecule has 0 spiro atoms. The van der Waals surface area contributed by atoms with Crippen LogP contribution in [0.3, 0.4) is 0 Å². The zero-order chi connectivity index (χ0) is 20.6. The van der Waals surface area contributed by atoms with Crippen LogP contribution in [-0.2, 0) is 0 Å². The molecule has 2 heterocycles. The second kappa shape index (κ2) is 11.0. The number of nitrogens with one attached hydrogen (secondary N) is 2. The summed E-state index contributed by atoms with van der Waals surface area (Å²) in [4.78, 5) is 12.4. The lowest BCUT2D eigenvalue weighted by Crippen LogP contribution is -2.52. The van der Waals surface area contributed by atoms with Gasteiger partial charge in [-0.1, -0.05) is 30.3 Å². The molecule has 29 heavy (non-hydrogen) atoms. The molecule has 2 N–H and O–H groups in total. The predicted octanol–water partition coefficient (Wildman–Crippen LogP) is 2.01. The monoisotopic (exact) mass is 400 g/mol. The zero-order valence-electron chi connectivity index (χ0n) is 18.8. The Morgan fingerprint density at radius 3 is 2.52 bits per heavy atom. The Hall–Kier alpha value is -1.63. The molecular weight excluding hydrogens is 360 g/mol. The van der Waals surface area contributed by atoms with Crippen molar-refractivity contribution in [3.8, 4) is 0 Å². The van der Waals surface area contributed by atoms with Gasteiger partial charge >= 0.3 is 0 Å². The standard InChI is InChI=1S/C23H40N6/c1-5-24-23(25-17-22-18-27(3)15-16-28(22)4)26-21-11-13-29(14-12-21)19(2)20-9-7-6-8-10-20/h6-10,19,21-22H,5,11-18H2,1-4H3,(H2,24,25,26). The van der Waals surface area contributed by atoms with Gasteiger partial charge in [-0.3, -0.25) is 14.8 Å². The molecule has 6 heteroatoms. The van der Waals surface area contributed by atoms with Crippen LogP contribution in [0.15, 0.2) is 35.3 Å². The maximum atomic E-state index is 4.93. The van der Waals surface area contributed by atoms with E-state index in [-0.39, 0.29) is 0 Å². The van der Waals surface area contributed by atoms with Gasteiger partial charge in [-0.05, 0) is 46.3 Å². The van der Waals surface area contributed by atoms with Crippen molar-refractivity contribution in [2.45, 2.75) is 44.8 Å². The number of guanidine groups is 1. The second-order valence-corrected chi connectivity index (χ2v) is 8.66. The molecule has 3 rings (SSSR count). The van der Waals surface area contributed by atoms with Gasteiger partial charge in [-0.2, -0.15) is 0 Å². The molecule has 2 saturated heterocycles. The number of nitrogens with zero attached hydrogens (tertiary/aromatic N) is 4. The Labute approximate surface area is 177 Å². The molecule has 6 nitrogen and oxygen atoms in total. The maximum Gasteiger partial charge on any atom is 0.191 e. The Kier molecular flexibility index (Phi) is 8.33. The molecule has 2 aliphatic rings. The lowest BCUT2D eigenvalue weighted by molar-refractivity contribution is 0.119. The summed E-state index contributed by atoms with van der Waals surface area (Å²) in [7, 11) is 4.43. The second-order valence-electron chi connectivity index (χ2n) is 8.66. The molecule has 2 aliphatic heterocycles. The summed E-state index contributed by atoms with van der Waals surface area (Å²) in [5.74, 6) is 0.976. The van der Waals surface area contributed by atoms with Gasteiger partial charge in [0.05, 0.1) is 6.54 Å². The van der Waals surface area contributed by atoms with Gasteiger partial charge in [0, 0.05) is 57.4 Å². The van der Waals surface area contributed by atoms with Crippen LogP contribution in [0, 0.1) is 0 Å². The van der Waals surface area contributed by atoms with Crippen molar-refractivity contribution in [1.29, 1.82) is 0 Å². The quantitative estimate of drug-likeness (QED) is 0.565. The Bertz CT molecular complexity index is 626. The van der Waals surface area contributed by atoms with E-state index in [0.717, 1.165) is 64.6 Å². The first kappa shape index (κ1) is 22.1. The van der Waals surface area contributed by atoms with Crippen molar-refractivity contribution in [2.75, 3.05) is 59.9 Å². The average molecular weight is 401 g/mol. The van der Waals surface area contributed by atoms with E-state index in [9.17, 15) is 0 Å². The molecule has 2 unspecified atom stereocenters. The predicted molar refractivity (Wildman–Crippen MR) is 122 cm³/mol. The highest BCUT2D eigenvalue weighted by atomic mass is 15.3. The molecule has 0 amide bonds. The Morgan fingerprint density at radius 1 is 1.10 bits per heavy atom. The molecule has 0 bridgehead atoms. The summed E-state index contributed by atoms with van der Waals surface area (Å²) >= 11 is 0. The third-order valence-corrected chi connectivity index (χ3v) is 6.48. The SMILES string of the molecule is CCNC(=NCC1CN(C)CCN1C)NC1CCN(C(C)c2ccccc2)CC1. The Balaban J connectivity index is 1.50. The number of benzene rings is 1. The minimum Gasteiger partial charge on any atom is -0.357 e. The van der Waals surface area contributed by atoms with E-state index in [1.54, 1.807) is 0 Å². The fourth-order valence-corrected chi connectivity index (χ4v) is 4.38. The fourth-order valence-electron chi connectivity index (χ4n) is 4.38. The highest BCUT2D eigenvalue weighted by Crippen LogP contribution is 2.24. The van der Waals surface area contributed by atoms with Crippen LogP contribution in [0.1, 0.15) is 38.3 Å². The number of hydrogen-bond acceptors (Lipinski definition) is 4. The van der Waals surface area contributed by atoms with Crippen molar-refractivity contribution < 1.29 is 0 Å². The van der Waals surface area contributed by atoms with E-state index in [1.165, 1.54) is 5.56 Å². The molecule has 162 valence electrons. The lowest BCUT2D eigenvalue weighted by atomic mass is 10.0. The van der Waals surface area contributed by atoms with Gasteiger partial charge in [0.2, 0.25) is 0 Å². The van der Waals surface area contributed by atoms with E-state index in [0.29, 0.717) is 18.1 Å². The first-order valence-corrected chi connectivity index (χ1v) is 11.3. The van der Waals surface area contributed by atoms with Gasteiger partial charge in [-0.25, -0.2) is 0 Å². The van der Waals surface area contributed by atoms with Crippen molar-refractivity contribution in [3.05, 3.63) is 35.9 Å². The first-order chi connectivity index (χ1) is 14.1. The van der Waals surface area contributed by atoms with Crippen LogP contribution in [0.4, 0.5) is 0 Å². The highest BCUT2D eigenvalue weighted by Gasteiger charge is 2.25. The number of rotatable bonds is 6. The fraction of sp³-hybridized carbons (Fsp3) is 0.696. The van der Waals surface area contributed by atoms with E-state index < -0.39 is 0 Å². The number of piperazine rings is 1. The molecule has 2 atom stereocenters. The van der Waals surface area contributed by atoms with Crippen molar-refractivity contribution in [3.63, 3.8) is 0 Å². The van der Waals surface area contributed by atoms with Crippen LogP contribution < -0.4 is 10.6 Å². The summed E-state index contributed by atoms with van der Waals surface area (Å²) < 4.78 is 0. The number of likely N-dealkylation sites (N-methyl/N-ethyl adjacent to an activating group) is 2. The van der Waals surface area contributed by atoms with Crippen LogP contribution in [0.25, 0.3) is 0 Å². The minimum absolute atomic E-state index is 0.484. The summed E-state index contributed by atoms with van der Waals surface area (Å²) in [5.41, 5.74) is 1.41. The molecule has 1 aromatic carbocycles. The molecule has 0 aromatic heterocycles. The summed E-state index contributed by atoms with van der Waals surface area (Å²) in [6.07, 6.45) is 2.32. The molecule has 0 saturated carbocycles. The van der Waals surface area contributed by atoms with Crippen molar-refractivity contribution in [1.82, 2.24) is 25.3 Å². The topological polar surface area (TPSA) is 46.1 Å². The number of hydrogen-bond donors (Lipinski definition) is 2. The van der Waals surface area contributed by atoms with Crippen LogP contribution in [0.5, 0.6) is 0 Å². The smallest absolute Gasteiger partial charge is 0.191 e. The third kappa shape index (κ3) is 6.43. The van der Waals surface area contributed by atoms with E-state index in [4.69, 9.17) is 4.99 Å². The molecule has 0 aliphatic carbocycles.